The monoisotopic (exact) mass is 335 g/mol. The lowest BCUT2D eigenvalue weighted by Crippen LogP contribution is -2.47. The SMILES string of the molecule is CCC1CN(C(=O)c2c(C)noc2C(C)C)CC1N1CCOCC1. The van der Waals surface area contributed by atoms with Gasteiger partial charge in [-0.3, -0.25) is 9.69 Å². The van der Waals surface area contributed by atoms with E-state index in [1.165, 1.54) is 0 Å². The van der Waals surface area contributed by atoms with Crippen molar-refractivity contribution in [3.05, 3.63) is 17.0 Å². The first-order valence-corrected chi connectivity index (χ1v) is 9.10. The van der Waals surface area contributed by atoms with Crippen molar-refractivity contribution < 1.29 is 14.1 Å². The first-order chi connectivity index (χ1) is 11.5. The van der Waals surface area contributed by atoms with E-state index in [4.69, 9.17) is 9.26 Å². The Morgan fingerprint density at radius 2 is 2.00 bits per heavy atom. The Labute approximate surface area is 144 Å². The zero-order valence-corrected chi connectivity index (χ0v) is 15.2. The predicted octanol–water partition coefficient (Wildman–Crippen LogP) is 2.29. The number of aromatic nitrogens is 1. The fourth-order valence-electron chi connectivity index (χ4n) is 3.94. The molecule has 1 aromatic rings. The van der Waals surface area contributed by atoms with Crippen LogP contribution in [-0.2, 0) is 4.74 Å². The second-order valence-corrected chi connectivity index (χ2v) is 7.26. The van der Waals surface area contributed by atoms with Gasteiger partial charge < -0.3 is 14.2 Å². The number of carbonyl (C=O) groups excluding carboxylic acids is 1. The maximum Gasteiger partial charge on any atom is 0.259 e. The van der Waals surface area contributed by atoms with Gasteiger partial charge in [-0.15, -0.1) is 0 Å². The van der Waals surface area contributed by atoms with Crippen LogP contribution in [0, 0.1) is 12.8 Å². The fraction of sp³-hybridized carbons (Fsp3) is 0.778. The van der Waals surface area contributed by atoms with Crippen LogP contribution < -0.4 is 0 Å². The number of hydrogen-bond donors (Lipinski definition) is 0. The highest BCUT2D eigenvalue weighted by Crippen LogP contribution is 2.30. The van der Waals surface area contributed by atoms with E-state index in [9.17, 15) is 4.79 Å². The lowest BCUT2D eigenvalue weighted by Gasteiger charge is -2.34. The molecule has 3 rings (SSSR count). The van der Waals surface area contributed by atoms with Gasteiger partial charge in [0.05, 0.1) is 18.9 Å². The van der Waals surface area contributed by atoms with E-state index in [0.29, 0.717) is 29.0 Å². The van der Waals surface area contributed by atoms with E-state index in [1.54, 1.807) is 0 Å². The normalized spacial score (nSPS) is 25.6. The van der Waals surface area contributed by atoms with Gasteiger partial charge in [0.15, 0.2) is 5.76 Å². The van der Waals surface area contributed by atoms with Crippen molar-refractivity contribution in [1.29, 1.82) is 0 Å². The average Bonchev–Trinajstić information content (AvgIpc) is 3.18. The number of hydrogen-bond acceptors (Lipinski definition) is 5. The van der Waals surface area contributed by atoms with Crippen molar-refractivity contribution in [2.24, 2.45) is 5.92 Å². The Hall–Kier alpha value is -1.40. The van der Waals surface area contributed by atoms with Gasteiger partial charge in [0.2, 0.25) is 0 Å². The molecule has 0 aromatic carbocycles. The topological polar surface area (TPSA) is 58.8 Å². The molecule has 2 aliphatic heterocycles. The molecule has 2 atom stereocenters. The molecule has 0 spiro atoms. The smallest absolute Gasteiger partial charge is 0.259 e. The van der Waals surface area contributed by atoms with Crippen molar-refractivity contribution >= 4 is 5.91 Å². The molecule has 2 unspecified atom stereocenters. The van der Waals surface area contributed by atoms with E-state index in [-0.39, 0.29) is 11.8 Å². The summed E-state index contributed by atoms with van der Waals surface area (Å²) in [6.45, 7) is 13.3. The number of rotatable bonds is 4. The van der Waals surface area contributed by atoms with Gasteiger partial charge in [-0.1, -0.05) is 32.3 Å². The molecule has 2 aliphatic rings. The molecule has 0 N–H and O–H groups in total. The van der Waals surface area contributed by atoms with Gasteiger partial charge in [-0.2, -0.15) is 0 Å². The lowest BCUT2D eigenvalue weighted by atomic mass is 9.99. The zero-order valence-electron chi connectivity index (χ0n) is 15.2. The number of morpholine rings is 1. The van der Waals surface area contributed by atoms with Crippen molar-refractivity contribution in [2.45, 2.75) is 46.1 Å². The van der Waals surface area contributed by atoms with Crippen LogP contribution in [0.25, 0.3) is 0 Å². The highest BCUT2D eigenvalue weighted by Gasteiger charge is 2.39. The molecule has 1 amide bonds. The summed E-state index contributed by atoms with van der Waals surface area (Å²) in [4.78, 5) is 17.6. The van der Waals surface area contributed by atoms with Crippen LogP contribution >= 0.6 is 0 Å². The molecule has 6 heteroatoms. The number of likely N-dealkylation sites (tertiary alicyclic amines) is 1. The third-order valence-electron chi connectivity index (χ3n) is 5.36. The Bertz CT molecular complexity index is 578. The predicted molar refractivity (Wildman–Crippen MR) is 91.2 cm³/mol. The van der Waals surface area contributed by atoms with Gasteiger partial charge >= 0.3 is 0 Å². The first kappa shape index (κ1) is 17.4. The van der Waals surface area contributed by atoms with E-state index in [1.807, 2.05) is 25.7 Å². The molecule has 3 heterocycles. The molecule has 0 aliphatic carbocycles. The third-order valence-corrected chi connectivity index (χ3v) is 5.36. The maximum atomic E-state index is 13.1. The quantitative estimate of drug-likeness (QED) is 0.845. The molecule has 1 aromatic heterocycles. The van der Waals surface area contributed by atoms with Crippen molar-refractivity contribution in [3.8, 4) is 0 Å². The number of amides is 1. The van der Waals surface area contributed by atoms with E-state index >= 15 is 0 Å². The van der Waals surface area contributed by atoms with Crippen LogP contribution in [-0.4, -0.2) is 66.3 Å². The Balaban J connectivity index is 1.78. The van der Waals surface area contributed by atoms with Crippen LogP contribution in [0.1, 0.15) is 54.9 Å². The van der Waals surface area contributed by atoms with Gasteiger partial charge in [-0.25, -0.2) is 0 Å². The highest BCUT2D eigenvalue weighted by atomic mass is 16.5. The Kier molecular flexibility index (Phi) is 5.25. The molecule has 6 nitrogen and oxygen atoms in total. The molecule has 0 radical (unpaired) electrons. The van der Waals surface area contributed by atoms with E-state index in [0.717, 1.165) is 45.8 Å². The van der Waals surface area contributed by atoms with Crippen LogP contribution in [0.3, 0.4) is 0 Å². The standard InChI is InChI=1S/C18H29N3O3/c1-5-14-10-21(11-15(14)20-6-8-23-9-7-20)18(22)16-13(4)19-24-17(16)12(2)3/h12,14-15H,5-11H2,1-4H3. The second-order valence-electron chi connectivity index (χ2n) is 7.26. The number of aryl methyl sites for hydroxylation is 1. The summed E-state index contributed by atoms with van der Waals surface area (Å²) in [5.74, 6) is 1.46. The van der Waals surface area contributed by atoms with Crippen LogP contribution in [0.2, 0.25) is 0 Å². The third kappa shape index (κ3) is 3.22. The number of nitrogens with zero attached hydrogens (tertiary/aromatic N) is 3. The molecule has 0 saturated carbocycles. The molecule has 2 fully saturated rings. The Morgan fingerprint density at radius 3 is 2.62 bits per heavy atom. The summed E-state index contributed by atoms with van der Waals surface area (Å²) in [7, 11) is 0. The molecule has 2 saturated heterocycles. The summed E-state index contributed by atoms with van der Waals surface area (Å²) in [5.41, 5.74) is 1.37. The molecule has 24 heavy (non-hydrogen) atoms. The summed E-state index contributed by atoms with van der Waals surface area (Å²) in [6.07, 6.45) is 1.09. The second kappa shape index (κ2) is 7.23. The van der Waals surface area contributed by atoms with Crippen molar-refractivity contribution in [1.82, 2.24) is 15.0 Å². The summed E-state index contributed by atoms with van der Waals surface area (Å²) >= 11 is 0. The van der Waals surface area contributed by atoms with Crippen molar-refractivity contribution in [3.63, 3.8) is 0 Å². The van der Waals surface area contributed by atoms with Crippen LogP contribution in [0.15, 0.2) is 4.52 Å². The minimum atomic E-state index is 0.0756. The van der Waals surface area contributed by atoms with Gasteiger partial charge in [0.25, 0.3) is 5.91 Å². The molecular weight excluding hydrogens is 306 g/mol. The lowest BCUT2D eigenvalue weighted by molar-refractivity contribution is 0.0103. The van der Waals surface area contributed by atoms with Gasteiger partial charge in [0.1, 0.15) is 5.56 Å². The summed E-state index contributed by atoms with van der Waals surface area (Å²) in [6, 6.07) is 0.436. The zero-order chi connectivity index (χ0) is 17.3. The Morgan fingerprint density at radius 1 is 1.29 bits per heavy atom. The molecular formula is C18H29N3O3. The fourth-order valence-corrected chi connectivity index (χ4v) is 3.94. The largest absolute Gasteiger partial charge is 0.379 e. The highest BCUT2D eigenvalue weighted by molar-refractivity contribution is 5.96. The minimum absolute atomic E-state index is 0.0756. The van der Waals surface area contributed by atoms with Gasteiger partial charge in [-0.05, 0) is 12.8 Å². The van der Waals surface area contributed by atoms with Crippen LogP contribution in [0.5, 0.6) is 0 Å². The summed E-state index contributed by atoms with van der Waals surface area (Å²) in [5, 5.41) is 4.03. The van der Waals surface area contributed by atoms with Gasteiger partial charge in [0, 0.05) is 38.1 Å². The number of carbonyl (C=O) groups is 1. The molecule has 134 valence electrons. The van der Waals surface area contributed by atoms with E-state index in [2.05, 4.69) is 17.0 Å². The van der Waals surface area contributed by atoms with E-state index < -0.39 is 0 Å². The van der Waals surface area contributed by atoms with Crippen LogP contribution in [0.4, 0.5) is 0 Å². The molecule has 0 bridgehead atoms. The minimum Gasteiger partial charge on any atom is -0.379 e. The number of ether oxygens (including phenoxy) is 1. The average molecular weight is 335 g/mol. The maximum absolute atomic E-state index is 13.1. The first-order valence-electron chi connectivity index (χ1n) is 9.10. The van der Waals surface area contributed by atoms with Crippen molar-refractivity contribution in [2.75, 3.05) is 39.4 Å². The summed E-state index contributed by atoms with van der Waals surface area (Å²) < 4.78 is 10.9.